The van der Waals surface area contributed by atoms with Crippen LogP contribution >= 0.6 is 23.4 Å². The van der Waals surface area contributed by atoms with Crippen LogP contribution < -0.4 is 5.73 Å². The highest BCUT2D eigenvalue weighted by atomic mass is 35.5. The van der Waals surface area contributed by atoms with Gasteiger partial charge in [0.2, 0.25) is 0 Å². The lowest BCUT2D eigenvalue weighted by atomic mass is 10.2. The fourth-order valence-corrected chi connectivity index (χ4v) is 2.86. The van der Waals surface area contributed by atoms with Gasteiger partial charge in [-0.25, -0.2) is 13.6 Å². The minimum atomic E-state index is -1.25. The Morgan fingerprint density at radius 2 is 1.95 bits per heavy atom. The third kappa shape index (κ3) is 3.02. The molecule has 0 bridgehead atoms. The van der Waals surface area contributed by atoms with Crippen LogP contribution in [-0.2, 0) is 0 Å². The number of nitrogens with two attached hydrogens (primary N) is 1. The Labute approximate surface area is 122 Å². The van der Waals surface area contributed by atoms with Crippen LogP contribution in [0.1, 0.15) is 10.4 Å². The highest BCUT2D eigenvalue weighted by Crippen LogP contribution is 2.38. The lowest BCUT2D eigenvalue weighted by molar-refractivity contribution is 0.0693. The van der Waals surface area contributed by atoms with Gasteiger partial charge in [-0.05, 0) is 30.3 Å². The van der Waals surface area contributed by atoms with Crippen LogP contribution in [0.25, 0.3) is 0 Å². The first kappa shape index (κ1) is 14.6. The molecular weight excluding hydrogens is 308 g/mol. The van der Waals surface area contributed by atoms with Gasteiger partial charge in [-0.1, -0.05) is 23.4 Å². The lowest BCUT2D eigenvalue weighted by Gasteiger charge is -2.10. The van der Waals surface area contributed by atoms with Crippen LogP contribution in [0.3, 0.4) is 0 Å². The molecular formula is C13H8ClF2NO2S. The van der Waals surface area contributed by atoms with Crippen molar-refractivity contribution in [3.05, 3.63) is 52.6 Å². The SMILES string of the molecule is Nc1cc(Cl)c(Sc2cc(F)ccc2F)c(C(=O)O)c1. The number of carboxylic acid groups (broad SMARTS) is 1. The molecule has 7 heteroatoms. The molecule has 0 heterocycles. The molecule has 0 spiro atoms. The molecule has 2 rings (SSSR count). The Morgan fingerprint density at radius 3 is 2.60 bits per heavy atom. The minimum absolute atomic E-state index is 0.0563. The molecule has 3 nitrogen and oxygen atoms in total. The Morgan fingerprint density at radius 1 is 1.25 bits per heavy atom. The topological polar surface area (TPSA) is 63.3 Å². The Hall–Kier alpha value is -1.79. The minimum Gasteiger partial charge on any atom is -0.478 e. The highest BCUT2D eigenvalue weighted by Gasteiger charge is 2.18. The van der Waals surface area contributed by atoms with Crippen LogP contribution in [0.5, 0.6) is 0 Å². The van der Waals surface area contributed by atoms with E-state index < -0.39 is 17.6 Å². The smallest absolute Gasteiger partial charge is 0.336 e. The van der Waals surface area contributed by atoms with E-state index in [0.717, 1.165) is 30.0 Å². The molecule has 0 amide bonds. The summed E-state index contributed by atoms with van der Waals surface area (Å²) in [5.74, 6) is -2.54. The summed E-state index contributed by atoms with van der Waals surface area (Å²) < 4.78 is 26.7. The number of halogens is 3. The van der Waals surface area contributed by atoms with Gasteiger partial charge in [0.05, 0.1) is 15.5 Å². The molecule has 0 saturated heterocycles. The quantitative estimate of drug-likeness (QED) is 0.839. The Balaban J connectivity index is 2.53. The van der Waals surface area contributed by atoms with Gasteiger partial charge in [-0.15, -0.1) is 0 Å². The van der Waals surface area contributed by atoms with Gasteiger partial charge in [-0.2, -0.15) is 0 Å². The van der Waals surface area contributed by atoms with E-state index in [4.69, 9.17) is 22.4 Å². The zero-order chi connectivity index (χ0) is 14.9. The molecule has 0 radical (unpaired) electrons. The lowest BCUT2D eigenvalue weighted by Crippen LogP contribution is -2.01. The first-order chi connectivity index (χ1) is 9.38. The van der Waals surface area contributed by atoms with Gasteiger partial charge in [-0.3, -0.25) is 0 Å². The van der Waals surface area contributed by atoms with Crippen molar-refractivity contribution in [3.63, 3.8) is 0 Å². The van der Waals surface area contributed by atoms with E-state index in [1.807, 2.05) is 0 Å². The van der Waals surface area contributed by atoms with Crippen molar-refractivity contribution in [3.8, 4) is 0 Å². The molecule has 3 N–H and O–H groups in total. The second kappa shape index (κ2) is 5.68. The second-order valence-electron chi connectivity index (χ2n) is 3.86. The number of anilines is 1. The number of rotatable bonds is 3. The van der Waals surface area contributed by atoms with Gasteiger partial charge in [0.25, 0.3) is 0 Å². The maximum atomic E-state index is 13.6. The summed E-state index contributed by atoms with van der Waals surface area (Å²) in [6.07, 6.45) is 0. The van der Waals surface area contributed by atoms with Crippen LogP contribution in [-0.4, -0.2) is 11.1 Å². The van der Waals surface area contributed by atoms with Crippen molar-refractivity contribution in [2.24, 2.45) is 0 Å². The number of benzene rings is 2. The maximum Gasteiger partial charge on any atom is 0.336 e. The third-order valence-electron chi connectivity index (χ3n) is 2.40. The van der Waals surface area contributed by atoms with Crippen LogP contribution in [0.2, 0.25) is 5.02 Å². The molecule has 0 saturated carbocycles. The van der Waals surface area contributed by atoms with E-state index >= 15 is 0 Å². The normalized spacial score (nSPS) is 10.6. The summed E-state index contributed by atoms with van der Waals surface area (Å²) in [5.41, 5.74) is 5.54. The number of hydrogen-bond donors (Lipinski definition) is 2. The Bertz CT molecular complexity index is 694. The molecule has 0 unspecified atom stereocenters. The molecule has 0 aliphatic carbocycles. The van der Waals surface area contributed by atoms with Crippen molar-refractivity contribution in [1.29, 1.82) is 0 Å². The average Bonchev–Trinajstić information content (AvgIpc) is 2.36. The summed E-state index contributed by atoms with van der Waals surface area (Å²) >= 11 is 6.68. The summed E-state index contributed by atoms with van der Waals surface area (Å²) in [5, 5.41) is 9.19. The standard InChI is InChI=1S/C13H8ClF2NO2S/c14-9-5-7(17)4-8(13(18)19)12(9)20-11-3-6(15)1-2-10(11)16/h1-5H,17H2,(H,18,19). The summed E-state index contributed by atoms with van der Waals surface area (Å²) in [7, 11) is 0. The molecule has 2 aromatic carbocycles. The van der Waals surface area contributed by atoms with Crippen LogP contribution in [0.15, 0.2) is 40.1 Å². The summed E-state index contributed by atoms with van der Waals surface area (Å²) in [4.78, 5) is 11.2. The van der Waals surface area contributed by atoms with Gasteiger partial charge < -0.3 is 10.8 Å². The van der Waals surface area contributed by atoms with Crippen molar-refractivity contribution in [2.45, 2.75) is 9.79 Å². The van der Waals surface area contributed by atoms with E-state index in [9.17, 15) is 13.6 Å². The number of nitrogen functional groups attached to an aromatic ring is 1. The van der Waals surface area contributed by atoms with Gasteiger partial charge in [0.15, 0.2) is 0 Å². The van der Waals surface area contributed by atoms with Crippen molar-refractivity contribution in [1.82, 2.24) is 0 Å². The van der Waals surface area contributed by atoms with Gasteiger partial charge >= 0.3 is 5.97 Å². The largest absolute Gasteiger partial charge is 0.478 e. The number of hydrogen-bond acceptors (Lipinski definition) is 3. The average molecular weight is 316 g/mol. The first-order valence-corrected chi connectivity index (χ1v) is 6.53. The van der Waals surface area contributed by atoms with Crippen molar-refractivity contribution in [2.75, 3.05) is 5.73 Å². The zero-order valence-corrected chi connectivity index (χ0v) is 11.4. The summed E-state index contributed by atoms with van der Waals surface area (Å²) in [6.45, 7) is 0. The van der Waals surface area contributed by atoms with Crippen molar-refractivity contribution >= 4 is 35.0 Å². The van der Waals surface area contributed by atoms with Gasteiger partial charge in [0, 0.05) is 10.6 Å². The second-order valence-corrected chi connectivity index (χ2v) is 5.32. The van der Waals surface area contributed by atoms with Crippen molar-refractivity contribution < 1.29 is 18.7 Å². The van der Waals surface area contributed by atoms with Crippen LogP contribution in [0.4, 0.5) is 14.5 Å². The first-order valence-electron chi connectivity index (χ1n) is 5.33. The Kier molecular flexibility index (Phi) is 4.15. The molecule has 0 aliphatic rings. The molecule has 2 aromatic rings. The van der Waals surface area contributed by atoms with Gasteiger partial charge in [0.1, 0.15) is 11.6 Å². The molecule has 0 aromatic heterocycles. The van der Waals surface area contributed by atoms with E-state index in [2.05, 4.69) is 0 Å². The predicted molar refractivity (Wildman–Crippen MR) is 73.3 cm³/mol. The third-order valence-corrected chi connectivity index (χ3v) is 3.99. The van der Waals surface area contributed by atoms with Crippen LogP contribution in [0, 0.1) is 11.6 Å². The maximum absolute atomic E-state index is 13.6. The fourth-order valence-electron chi connectivity index (χ4n) is 1.54. The number of carbonyl (C=O) groups is 1. The molecule has 20 heavy (non-hydrogen) atoms. The molecule has 0 aliphatic heterocycles. The number of aromatic carboxylic acids is 1. The van der Waals surface area contributed by atoms with E-state index in [1.165, 1.54) is 12.1 Å². The van der Waals surface area contributed by atoms with E-state index in [-0.39, 0.29) is 26.1 Å². The molecule has 0 fully saturated rings. The predicted octanol–water partition coefficient (Wildman–Crippen LogP) is 4.05. The van der Waals surface area contributed by atoms with E-state index in [0.29, 0.717) is 0 Å². The fraction of sp³-hybridized carbons (Fsp3) is 0. The molecule has 0 atom stereocenters. The molecule has 104 valence electrons. The van der Waals surface area contributed by atoms with E-state index in [1.54, 1.807) is 0 Å². The zero-order valence-electron chi connectivity index (χ0n) is 9.86. The summed E-state index contributed by atoms with van der Waals surface area (Å²) in [6, 6.07) is 5.48. The monoisotopic (exact) mass is 315 g/mol. The number of carboxylic acids is 1. The highest BCUT2D eigenvalue weighted by molar-refractivity contribution is 7.99.